The Labute approximate surface area is 175 Å². The summed E-state index contributed by atoms with van der Waals surface area (Å²) in [6, 6.07) is 23.2. The Kier molecular flexibility index (Phi) is 5.24. The maximum absolute atomic E-state index is 13.1. The van der Waals surface area contributed by atoms with Crippen LogP contribution in [0.1, 0.15) is 16.7 Å². The molecule has 0 aromatic heterocycles. The van der Waals surface area contributed by atoms with Gasteiger partial charge in [-0.25, -0.2) is 0 Å². The molecule has 0 unspecified atom stereocenters. The quantitative estimate of drug-likeness (QED) is 0.505. The number of nitrogens with zero attached hydrogens (tertiary/aromatic N) is 1. The van der Waals surface area contributed by atoms with Gasteiger partial charge in [0, 0.05) is 17.6 Å². The third-order valence-corrected chi connectivity index (χ3v) is 5.29. The molecule has 0 radical (unpaired) electrons. The second-order valence-electron chi connectivity index (χ2n) is 6.78. The smallest absolute Gasteiger partial charge is 0.259 e. The van der Waals surface area contributed by atoms with Crippen molar-refractivity contribution < 1.29 is 9.53 Å². The van der Waals surface area contributed by atoms with E-state index >= 15 is 0 Å². The molecular weight excluding hydrogens is 382 g/mol. The molecule has 3 nitrogen and oxygen atoms in total. The molecule has 4 heteroatoms. The molecule has 0 spiro atoms. The molecule has 0 fully saturated rings. The van der Waals surface area contributed by atoms with Crippen molar-refractivity contribution in [2.45, 2.75) is 0 Å². The zero-order valence-electron chi connectivity index (χ0n) is 16.2. The molecule has 3 aromatic carbocycles. The molecule has 0 saturated carbocycles. The molecule has 0 N–H and O–H groups in total. The minimum absolute atomic E-state index is 0.0180. The summed E-state index contributed by atoms with van der Waals surface area (Å²) < 4.78 is 5.23. The molecule has 1 heterocycles. The zero-order chi connectivity index (χ0) is 20.4. The number of carbonyl (C=O) groups is 1. The van der Waals surface area contributed by atoms with E-state index in [1.807, 2.05) is 84.9 Å². The Hall–Kier alpha value is -3.30. The number of halogens is 1. The van der Waals surface area contributed by atoms with Crippen molar-refractivity contribution in [3.63, 3.8) is 0 Å². The molecule has 4 rings (SSSR count). The highest BCUT2D eigenvalue weighted by Crippen LogP contribution is 2.40. The predicted octanol–water partition coefficient (Wildman–Crippen LogP) is 5.95. The van der Waals surface area contributed by atoms with Gasteiger partial charge in [0.15, 0.2) is 0 Å². The van der Waals surface area contributed by atoms with Gasteiger partial charge < -0.3 is 9.64 Å². The van der Waals surface area contributed by atoms with Crippen LogP contribution in [0.3, 0.4) is 0 Å². The molecule has 0 atom stereocenters. The number of ether oxygens (including phenoxy) is 1. The number of allylic oxidation sites excluding steroid dienone is 2. The average molecular weight is 402 g/mol. The Morgan fingerprint density at radius 2 is 1.66 bits per heavy atom. The number of fused-ring (bicyclic) bond motifs is 1. The van der Waals surface area contributed by atoms with Crippen molar-refractivity contribution in [1.82, 2.24) is 0 Å². The van der Waals surface area contributed by atoms with Gasteiger partial charge in [-0.3, -0.25) is 4.79 Å². The van der Waals surface area contributed by atoms with E-state index in [4.69, 9.17) is 16.3 Å². The van der Waals surface area contributed by atoms with Crippen molar-refractivity contribution in [3.8, 4) is 5.75 Å². The Balaban J connectivity index is 1.87. The van der Waals surface area contributed by atoms with Crippen molar-refractivity contribution in [2.24, 2.45) is 0 Å². The van der Waals surface area contributed by atoms with Crippen molar-refractivity contribution >= 4 is 40.4 Å². The Morgan fingerprint density at radius 3 is 2.34 bits per heavy atom. The lowest BCUT2D eigenvalue weighted by atomic mass is 9.94. The number of methoxy groups -OCH3 is 1. The second-order valence-corrected chi connectivity index (χ2v) is 7.22. The molecule has 3 aromatic rings. The molecular formula is C25H20ClNO2. The number of carbonyl (C=O) groups excluding carboxylic acids is 1. The fourth-order valence-electron chi connectivity index (χ4n) is 3.48. The lowest BCUT2D eigenvalue weighted by molar-refractivity contribution is -0.112. The van der Waals surface area contributed by atoms with Crippen LogP contribution < -0.4 is 9.64 Å². The number of para-hydroxylation sites is 1. The summed E-state index contributed by atoms with van der Waals surface area (Å²) in [4.78, 5) is 14.8. The van der Waals surface area contributed by atoms with Crippen molar-refractivity contribution in [2.75, 3.05) is 19.1 Å². The van der Waals surface area contributed by atoms with Gasteiger partial charge in [0.2, 0.25) is 0 Å². The van der Waals surface area contributed by atoms with Gasteiger partial charge in [0.1, 0.15) is 5.75 Å². The minimum Gasteiger partial charge on any atom is -0.497 e. The van der Waals surface area contributed by atoms with Gasteiger partial charge in [-0.2, -0.15) is 0 Å². The first-order valence-electron chi connectivity index (χ1n) is 9.28. The standard InChI is InChI=1S/C25H20ClNO2/c1-27-23-6-4-3-5-22(23)24(25(27)28)21(18-10-12-19(26)13-11-18)16-9-17-7-14-20(29-2)15-8-17/h3-16H,1-2H3/b16-9+,24-21-. The van der Waals surface area contributed by atoms with E-state index in [1.54, 1.807) is 19.1 Å². The number of amides is 1. The molecule has 144 valence electrons. The topological polar surface area (TPSA) is 29.5 Å². The highest BCUT2D eigenvalue weighted by molar-refractivity contribution is 6.38. The number of rotatable bonds is 4. The summed E-state index contributed by atoms with van der Waals surface area (Å²) in [5.41, 5.74) is 5.35. The van der Waals surface area contributed by atoms with Crippen LogP contribution in [-0.2, 0) is 4.79 Å². The molecule has 1 aliphatic heterocycles. The molecule has 1 aliphatic rings. The lowest BCUT2D eigenvalue weighted by Gasteiger charge is -2.10. The van der Waals surface area contributed by atoms with E-state index in [2.05, 4.69) is 0 Å². The Morgan fingerprint density at radius 1 is 0.966 bits per heavy atom. The summed E-state index contributed by atoms with van der Waals surface area (Å²) in [6.45, 7) is 0. The van der Waals surface area contributed by atoms with Crippen molar-refractivity contribution in [3.05, 3.63) is 101 Å². The molecule has 0 saturated heterocycles. The van der Waals surface area contributed by atoms with E-state index < -0.39 is 0 Å². The van der Waals surface area contributed by atoms with E-state index in [0.29, 0.717) is 10.6 Å². The van der Waals surface area contributed by atoms with Crippen LogP contribution in [0.15, 0.2) is 78.9 Å². The van der Waals surface area contributed by atoms with Gasteiger partial charge in [0.25, 0.3) is 5.91 Å². The minimum atomic E-state index is -0.0180. The van der Waals surface area contributed by atoms with Crippen LogP contribution in [0.25, 0.3) is 17.2 Å². The highest BCUT2D eigenvalue weighted by Gasteiger charge is 2.31. The number of anilines is 1. The van der Waals surface area contributed by atoms with Crippen LogP contribution in [-0.4, -0.2) is 20.1 Å². The fourth-order valence-corrected chi connectivity index (χ4v) is 3.60. The third kappa shape index (κ3) is 3.69. The highest BCUT2D eigenvalue weighted by atomic mass is 35.5. The maximum Gasteiger partial charge on any atom is 0.259 e. The third-order valence-electron chi connectivity index (χ3n) is 5.04. The molecule has 1 amide bonds. The fraction of sp³-hybridized carbons (Fsp3) is 0.0800. The van der Waals surface area contributed by atoms with Crippen LogP contribution in [0.2, 0.25) is 5.02 Å². The number of benzene rings is 3. The zero-order valence-corrected chi connectivity index (χ0v) is 17.0. The first-order chi connectivity index (χ1) is 14.1. The van der Waals surface area contributed by atoms with E-state index in [1.165, 1.54) is 0 Å². The summed E-state index contributed by atoms with van der Waals surface area (Å²) in [6.07, 6.45) is 4.00. The number of hydrogen-bond acceptors (Lipinski definition) is 2. The van der Waals surface area contributed by atoms with E-state index in [9.17, 15) is 4.79 Å². The van der Waals surface area contributed by atoms with Crippen LogP contribution in [0.5, 0.6) is 5.75 Å². The molecule has 0 bridgehead atoms. The van der Waals surface area contributed by atoms with Gasteiger partial charge in [-0.1, -0.05) is 66.2 Å². The maximum atomic E-state index is 13.1. The van der Waals surface area contributed by atoms with E-state index in [-0.39, 0.29) is 5.91 Å². The summed E-state index contributed by atoms with van der Waals surface area (Å²) in [5.74, 6) is 0.787. The van der Waals surface area contributed by atoms with Gasteiger partial charge >= 0.3 is 0 Å². The predicted molar refractivity (Wildman–Crippen MR) is 120 cm³/mol. The number of hydrogen-bond donors (Lipinski definition) is 0. The van der Waals surface area contributed by atoms with Crippen LogP contribution >= 0.6 is 11.6 Å². The molecule has 29 heavy (non-hydrogen) atoms. The van der Waals surface area contributed by atoms with Gasteiger partial charge in [-0.05, 0) is 47.0 Å². The first-order valence-corrected chi connectivity index (χ1v) is 9.66. The monoisotopic (exact) mass is 401 g/mol. The SMILES string of the molecule is COc1ccc(/C=C/C(=C2/C(=O)N(C)c3ccccc32)c2ccc(Cl)cc2)cc1. The average Bonchev–Trinajstić information content (AvgIpc) is 3.01. The van der Waals surface area contributed by atoms with Crippen molar-refractivity contribution in [1.29, 1.82) is 0 Å². The van der Waals surface area contributed by atoms with Crippen LogP contribution in [0.4, 0.5) is 5.69 Å². The Bertz CT molecular complexity index is 1110. The number of likely N-dealkylation sites (N-methyl/N-ethyl adjacent to an activating group) is 1. The second kappa shape index (κ2) is 7.98. The summed E-state index contributed by atoms with van der Waals surface area (Å²) >= 11 is 6.09. The normalized spacial score (nSPS) is 15.0. The largest absolute Gasteiger partial charge is 0.497 e. The van der Waals surface area contributed by atoms with Gasteiger partial charge in [0.05, 0.1) is 18.4 Å². The first kappa shape index (κ1) is 19.0. The van der Waals surface area contributed by atoms with E-state index in [0.717, 1.165) is 33.7 Å². The summed E-state index contributed by atoms with van der Waals surface area (Å²) in [7, 11) is 3.45. The van der Waals surface area contributed by atoms with Crippen LogP contribution in [0, 0.1) is 0 Å². The summed E-state index contributed by atoms with van der Waals surface area (Å²) in [5, 5.41) is 0.660. The van der Waals surface area contributed by atoms with Gasteiger partial charge in [-0.15, -0.1) is 0 Å². The molecule has 0 aliphatic carbocycles. The lowest BCUT2D eigenvalue weighted by Crippen LogP contribution is -2.20.